The molecule has 0 radical (unpaired) electrons. The maximum absolute atomic E-state index is 12.5. The van der Waals surface area contributed by atoms with Gasteiger partial charge in [0.05, 0.1) is 6.54 Å². The molecule has 2 aromatic carbocycles. The number of hydrogen-bond acceptors (Lipinski definition) is 2. The Morgan fingerprint density at radius 3 is 2.43 bits per heavy atom. The number of halogens is 1. The molecule has 0 atom stereocenters. The number of benzene rings is 2. The van der Waals surface area contributed by atoms with Gasteiger partial charge in [-0.15, -0.1) is 0 Å². The fourth-order valence-corrected chi connectivity index (χ4v) is 3.25. The van der Waals surface area contributed by atoms with Gasteiger partial charge in [0.15, 0.2) is 5.78 Å². The molecule has 1 saturated heterocycles. The van der Waals surface area contributed by atoms with Crippen molar-refractivity contribution in [2.75, 3.05) is 19.6 Å². The third kappa shape index (κ3) is 3.42. The van der Waals surface area contributed by atoms with Gasteiger partial charge in [-0.3, -0.25) is 9.69 Å². The van der Waals surface area contributed by atoms with Crippen molar-refractivity contribution >= 4 is 21.7 Å². The Labute approximate surface area is 133 Å². The number of likely N-dealkylation sites (tertiary alicyclic amines) is 1. The predicted molar refractivity (Wildman–Crippen MR) is 89.6 cm³/mol. The first-order valence-electron chi connectivity index (χ1n) is 7.34. The average Bonchev–Trinajstić information content (AvgIpc) is 3.01. The monoisotopic (exact) mass is 343 g/mol. The summed E-state index contributed by atoms with van der Waals surface area (Å²) >= 11 is 3.51. The van der Waals surface area contributed by atoms with E-state index in [0.29, 0.717) is 6.54 Å². The SMILES string of the molecule is O=C(CN1CCCC1)c1cc(-c2ccccc2)ccc1Br. The molecule has 0 aromatic heterocycles. The van der Waals surface area contributed by atoms with E-state index in [-0.39, 0.29) is 5.78 Å². The van der Waals surface area contributed by atoms with Gasteiger partial charge in [-0.2, -0.15) is 0 Å². The fourth-order valence-electron chi connectivity index (χ4n) is 2.78. The second-order valence-electron chi connectivity index (χ2n) is 5.47. The van der Waals surface area contributed by atoms with Crippen molar-refractivity contribution < 1.29 is 4.79 Å². The Bertz CT molecular complexity index is 633. The summed E-state index contributed by atoms with van der Waals surface area (Å²) in [7, 11) is 0. The lowest BCUT2D eigenvalue weighted by atomic mass is 10.0. The normalized spacial score (nSPS) is 15.3. The summed E-state index contributed by atoms with van der Waals surface area (Å²) in [5, 5.41) is 0. The highest BCUT2D eigenvalue weighted by Gasteiger charge is 2.18. The molecule has 3 rings (SSSR count). The molecule has 0 saturated carbocycles. The van der Waals surface area contributed by atoms with E-state index in [1.165, 1.54) is 12.8 Å². The molecule has 1 aliphatic heterocycles. The van der Waals surface area contributed by atoms with Crippen LogP contribution in [0.4, 0.5) is 0 Å². The van der Waals surface area contributed by atoms with Gasteiger partial charge in [0, 0.05) is 10.0 Å². The van der Waals surface area contributed by atoms with Gasteiger partial charge in [0.1, 0.15) is 0 Å². The molecule has 2 nitrogen and oxygen atoms in total. The molecule has 0 amide bonds. The predicted octanol–water partition coefficient (Wildman–Crippen LogP) is 4.39. The Kier molecular flexibility index (Phi) is 4.51. The molecular formula is C18H18BrNO. The average molecular weight is 344 g/mol. The van der Waals surface area contributed by atoms with E-state index >= 15 is 0 Å². The summed E-state index contributed by atoms with van der Waals surface area (Å²) in [6.45, 7) is 2.61. The minimum absolute atomic E-state index is 0.196. The van der Waals surface area contributed by atoms with E-state index in [2.05, 4.69) is 33.0 Å². The fraction of sp³-hybridized carbons (Fsp3) is 0.278. The van der Waals surface area contributed by atoms with Crippen LogP contribution in [0.5, 0.6) is 0 Å². The van der Waals surface area contributed by atoms with Crippen molar-refractivity contribution in [3.63, 3.8) is 0 Å². The zero-order chi connectivity index (χ0) is 14.7. The number of carbonyl (C=O) groups excluding carboxylic acids is 1. The lowest BCUT2D eigenvalue weighted by molar-refractivity contribution is 0.0944. The topological polar surface area (TPSA) is 20.3 Å². The molecule has 0 bridgehead atoms. The van der Waals surface area contributed by atoms with Gasteiger partial charge in [-0.1, -0.05) is 52.3 Å². The molecule has 0 spiro atoms. The standard InChI is InChI=1S/C18H18BrNO/c19-17-9-8-15(14-6-2-1-3-7-14)12-16(17)18(21)13-20-10-4-5-11-20/h1-3,6-9,12H,4-5,10-11,13H2. The molecule has 0 unspecified atom stereocenters. The van der Waals surface area contributed by atoms with Crippen LogP contribution in [-0.2, 0) is 0 Å². The van der Waals surface area contributed by atoms with Gasteiger partial charge >= 0.3 is 0 Å². The van der Waals surface area contributed by atoms with Crippen molar-refractivity contribution in [3.05, 3.63) is 58.6 Å². The highest BCUT2D eigenvalue weighted by molar-refractivity contribution is 9.10. The van der Waals surface area contributed by atoms with Crippen molar-refractivity contribution in [1.29, 1.82) is 0 Å². The van der Waals surface area contributed by atoms with Crippen LogP contribution in [0, 0.1) is 0 Å². The van der Waals surface area contributed by atoms with Crippen LogP contribution in [0.1, 0.15) is 23.2 Å². The van der Waals surface area contributed by atoms with E-state index < -0.39 is 0 Å². The molecule has 1 aliphatic rings. The zero-order valence-electron chi connectivity index (χ0n) is 11.9. The molecule has 21 heavy (non-hydrogen) atoms. The van der Waals surface area contributed by atoms with Crippen LogP contribution in [0.15, 0.2) is 53.0 Å². The summed E-state index contributed by atoms with van der Waals surface area (Å²) < 4.78 is 0.881. The number of carbonyl (C=O) groups is 1. The van der Waals surface area contributed by atoms with E-state index in [9.17, 15) is 4.79 Å². The maximum atomic E-state index is 12.5. The van der Waals surface area contributed by atoms with Crippen LogP contribution < -0.4 is 0 Å². The third-order valence-corrected chi connectivity index (χ3v) is 4.63. The molecule has 3 heteroatoms. The maximum Gasteiger partial charge on any atom is 0.177 e. The second-order valence-corrected chi connectivity index (χ2v) is 6.32. The van der Waals surface area contributed by atoms with Crippen LogP contribution in [-0.4, -0.2) is 30.3 Å². The minimum Gasteiger partial charge on any atom is -0.296 e. The van der Waals surface area contributed by atoms with Crippen LogP contribution >= 0.6 is 15.9 Å². The highest BCUT2D eigenvalue weighted by atomic mass is 79.9. The van der Waals surface area contributed by atoms with Gasteiger partial charge < -0.3 is 0 Å². The van der Waals surface area contributed by atoms with Crippen LogP contribution in [0.25, 0.3) is 11.1 Å². The van der Waals surface area contributed by atoms with E-state index in [0.717, 1.165) is 34.3 Å². The lowest BCUT2D eigenvalue weighted by Crippen LogP contribution is -2.27. The molecule has 0 N–H and O–H groups in total. The first-order valence-corrected chi connectivity index (χ1v) is 8.14. The highest BCUT2D eigenvalue weighted by Crippen LogP contribution is 2.26. The number of Topliss-reactive ketones (excluding diaryl/α,β-unsaturated/α-hetero) is 1. The van der Waals surface area contributed by atoms with Crippen molar-refractivity contribution in [2.24, 2.45) is 0 Å². The van der Waals surface area contributed by atoms with Crippen LogP contribution in [0.3, 0.4) is 0 Å². The number of nitrogens with zero attached hydrogens (tertiary/aromatic N) is 1. The number of hydrogen-bond donors (Lipinski definition) is 0. The first-order chi connectivity index (χ1) is 10.2. The third-order valence-electron chi connectivity index (χ3n) is 3.94. The summed E-state index contributed by atoms with van der Waals surface area (Å²) in [6, 6.07) is 16.2. The molecule has 108 valence electrons. The zero-order valence-corrected chi connectivity index (χ0v) is 13.5. The van der Waals surface area contributed by atoms with E-state index in [1.54, 1.807) is 0 Å². The molecule has 2 aromatic rings. The van der Waals surface area contributed by atoms with Crippen molar-refractivity contribution in [1.82, 2.24) is 4.90 Å². The smallest absolute Gasteiger partial charge is 0.177 e. The molecule has 0 aliphatic carbocycles. The van der Waals surface area contributed by atoms with Gasteiger partial charge in [-0.25, -0.2) is 0 Å². The largest absolute Gasteiger partial charge is 0.296 e. The van der Waals surface area contributed by atoms with Gasteiger partial charge in [-0.05, 0) is 49.2 Å². The number of rotatable bonds is 4. The Balaban J connectivity index is 1.85. The van der Waals surface area contributed by atoms with Crippen LogP contribution in [0.2, 0.25) is 0 Å². The molecule has 1 fully saturated rings. The van der Waals surface area contributed by atoms with E-state index in [1.807, 2.05) is 36.4 Å². The summed E-state index contributed by atoms with van der Waals surface area (Å²) in [6.07, 6.45) is 2.41. The van der Waals surface area contributed by atoms with Gasteiger partial charge in [0.25, 0.3) is 0 Å². The van der Waals surface area contributed by atoms with Gasteiger partial charge in [0.2, 0.25) is 0 Å². The number of ketones is 1. The summed E-state index contributed by atoms with van der Waals surface area (Å²) in [4.78, 5) is 14.8. The van der Waals surface area contributed by atoms with E-state index in [4.69, 9.17) is 0 Å². The molecule has 1 heterocycles. The van der Waals surface area contributed by atoms with Crippen molar-refractivity contribution in [3.8, 4) is 11.1 Å². The summed E-state index contributed by atoms with van der Waals surface area (Å²) in [5.74, 6) is 0.196. The first kappa shape index (κ1) is 14.5. The Morgan fingerprint density at radius 1 is 1.00 bits per heavy atom. The quantitative estimate of drug-likeness (QED) is 0.767. The minimum atomic E-state index is 0.196. The Morgan fingerprint density at radius 2 is 1.71 bits per heavy atom. The van der Waals surface area contributed by atoms with Crippen molar-refractivity contribution in [2.45, 2.75) is 12.8 Å². The molecular weight excluding hydrogens is 326 g/mol. The Hall–Kier alpha value is -1.45. The summed E-state index contributed by atoms with van der Waals surface area (Å²) in [5.41, 5.74) is 3.01. The second kappa shape index (κ2) is 6.54. The lowest BCUT2D eigenvalue weighted by Gasteiger charge is -2.14.